The van der Waals surface area contributed by atoms with Crippen molar-refractivity contribution in [2.75, 3.05) is 26.0 Å². The molecule has 0 aliphatic carbocycles. The predicted molar refractivity (Wildman–Crippen MR) is 132 cm³/mol. The highest BCUT2D eigenvalue weighted by Crippen LogP contribution is 2.53. The summed E-state index contributed by atoms with van der Waals surface area (Å²) in [6.45, 7) is 11.9. The molecule has 2 aliphatic rings. The molecule has 0 N–H and O–H groups in total. The Morgan fingerprint density at radius 3 is 2.39 bits per heavy atom. The summed E-state index contributed by atoms with van der Waals surface area (Å²) in [6.07, 6.45) is 5.72. The molecule has 0 amide bonds. The van der Waals surface area contributed by atoms with Crippen molar-refractivity contribution in [1.29, 1.82) is 0 Å². The van der Waals surface area contributed by atoms with Crippen molar-refractivity contribution in [3.8, 4) is 0 Å². The number of halogens is 1. The first-order valence-electron chi connectivity index (χ1n) is 11.6. The summed E-state index contributed by atoms with van der Waals surface area (Å²) in [5.41, 5.74) is 2.25. The van der Waals surface area contributed by atoms with E-state index < -0.39 is 9.84 Å². The summed E-state index contributed by atoms with van der Waals surface area (Å²) >= 11 is 6.13. The minimum Gasteiger partial charge on any atom is -0.376 e. The Morgan fingerprint density at radius 1 is 1.18 bits per heavy atom. The number of hydrogen-bond donors (Lipinski definition) is 0. The standard InChI is InChI=1S/C26H35ClN2O3S/c1-24(2)18-32-23(24)26(13-12-21-10-11-22(16-28-21)33(5,30)31)14-15-29(17-26)25(3,4)19-6-8-20(27)9-7-19/h6-11,16,23H,12-15,17-18H2,1-5H3/t23?,26-/m1/s1. The summed E-state index contributed by atoms with van der Waals surface area (Å²) in [4.78, 5) is 7.30. The van der Waals surface area contributed by atoms with Gasteiger partial charge in [-0.05, 0) is 69.5 Å². The van der Waals surface area contributed by atoms with Crippen molar-refractivity contribution in [2.45, 2.75) is 63.5 Å². The molecule has 180 valence electrons. The van der Waals surface area contributed by atoms with E-state index in [9.17, 15) is 8.42 Å². The third-order valence-electron chi connectivity index (χ3n) is 7.72. The van der Waals surface area contributed by atoms with Crippen molar-refractivity contribution in [3.63, 3.8) is 0 Å². The van der Waals surface area contributed by atoms with Gasteiger partial charge in [-0.1, -0.05) is 37.6 Å². The molecule has 2 aromatic rings. The normalized spacial score (nSPS) is 25.7. The van der Waals surface area contributed by atoms with Crippen LogP contribution in [-0.4, -0.2) is 50.4 Å². The molecule has 2 fully saturated rings. The fourth-order valence-corrected chi connectivity index (χ4v) is 6.31. The van der Waals surface area contributed by atoms with E-state index in [1.807, 2.05) is 18.2 Å². The molecular weight excluding hydrogens is 456 g/mol. The minimum absolute atomic E-state index is 0.0304. The van der Waals surface area contributed by atoms with Crippen LogP contribution in [0.1, 0.15) is 51.8 Å². The van der Waals surface area contributed by atoms with Crippen molar-refractivity contribution in [2.24, 2.45) is 10.8 Å². The van der Waals surface area contributed by atoms with E-state index in [2.05, 4.69) is 49.7 Å². The average Bonchev–Trinajstić information content (AvgIpc) is 3.17. The van der Waals surface area contributed by atoms with Crippen molar-refractivity contribution in [1.82, 2.24) is 9.88 Å². The van der Waals surface area contributed by atoms with E-state index in [-0.39, 0.29) is 27.4 Å². The van der Waals surface area contributed by atoms with Gasteiger partial charge in [-0.15, -0.1) is 0 Å². The third-order valence-corrected chi connectivity index (χ3v) is 9.07. The molecule has 2 aliphatic heterocycles. The monoisotopic (exact) mass is 490 g/mol. The highest BCUT2D eigenvalue weighted by molar-refractivity contribution is 7.90. The van der Waals surface area contributed by atoms with Crippen molar-refractivity contribution in [3.05, 3.63) is 58.9 Å². The number of hydrogen-bond acceptors (Lipinski definition) is 5. The van der Waals surface area contributed by atoms with Crippen LogP contribution in [0.4, 0.5) is 0 Å². The smallest absolute Gasteiger partial charge is 0.177 e. The molecule has 1 aromatic carbocycles. The predicted octanol–water partition coefficient (Wildman–Crippen LogP) is 5.12. The molecule has 7 heteroatoms. The molecule has 2 atom stereocenters. The first-order chi connectivity index (χ1) is 15.3. The van der Waals surface area contributed by atoms with Crippen LogP contribution in [0.5, 0.6) is 0 Å². The maximum Gasteiger partial charge on any atom is 0.177 e. The number of likely N-dealkylation sites (tertiary alicyclic amines) is 1. The number of pyridine rings is 1. The number of aryl methyl sites for hydroxylation is 1. The third kappa shape index (κ3) is 4.86. The summed E-state index contributed by atoms with van der Waals surface area (Å²) in [5.74, 6) is 0. The molecule has 1 unspecified atom stereocenters. The Kier molecular flexibility index (Phi) is 6.45. The largest absolute Gasteiger partial charge is 0.376 e. The minimum atomic E-state index is -3.24. The van der Waals surface area contributed by atoms with Gasteiger partial charge < -0.3 is 4.74 Å². The molecule has 33 heavy (non-hydrogen) atoms. The molecule has 0 bridgehead atoms. The van der Waals surface area contributed by atoms with Gasteiger partial charge in [0.2, 0.25) is 0 Å². The van der Waals surface area contributed by atoms with Gasteiger partial charge in [0.1, 0.15) is 0 Å². The molecule has 1 aromatic heterocycles. The second kappa shape index (κ2) is 8.63. The highest BCUT2D eigenvalue weighted by Gasteiger charge is 2.57. The zero-order valence-electron chi connectivity index (χ0n) is 20.3. The van der Waals surface area contributed by atoms with Gasteiger partial charge in [0.05, 0.1) is 17.6 Å². The Hall–Kier alpha value is -1.47. The molecule has 4 rings (SSSR count). The summed E-state index contributed by atoms with van der Waals surface area (Å²) in [6, 6.07) is 11.7. The van der Waals surface area contributed by atoms with E-state index in [0.717, 1.165) is 49.7 Å². The summed E-state index contributed by atoms with van der Waals surface area (Å²) in [7, 11) is -3.24. The van der Waals surface area contributed by atoms with Crippen LogP contribution >= 0.6 is 11.6 Å². The van der Waals surface area contributed by atoms with E-state index in [1.54, 1.807) is 6.07 Å². The van der Waals surface area contributed by atoms with E-state index in [1.165, 1.54) is 18.0 Å². The van der Waals surface area contributed by atoms with Crippen LogP contribution in [0.3, 0.4) is 0 Å². The molecule has 3 heterocycles. The quantitative estimate of drug-likeness (QED) is 0.538. The molecule has 5 nitrogen and oxygen atoms in total. The fourth-order valence-electron chi connectivity index (χ4n) is 5.62. The van der Waals surface area contributed by atoms with Gasteiger partial charge in [0.25, 0.3) is 0 Å². The molecule has 2 saturated heterocycles. The zero-order valence-corrected chi connectivity index (χ0v) is 21.8. The van der Waals surface area contributed by atoms with Crippen LogP contribution in [-0.2, 0) is 26.5 Å². The second-order valence-corrected chi connectivity index (χ2v) is 13.5. The first kappa shape index (κ1) is 24.6. The average molecular weight is 491 g/mol. The topological polar surface area (TPSA) is 59.5 Å². The number of ether oxygens (including phenoxy) is 1. The maximum atomic E-state index is 11.8. The van der Waals surface area contributed by atoms with E-state index in [4.69, 9.17) is 16.3 Å². The molecule has 0 radical (unpaired) electrons. The van der Waals surface area contributed by atoms with Crippen LogP contribution in [0, 0.1) is 10.8 Å². The number of rotatable bonds is 7. The van der Waals surface area contributed by atoms with Gasteiger partial charge in [-0.2, -0.15) is 0 Å². The summed E-state index contributed by atoms with van der Waals surface area (Å²) in [5, 5.41) is 0.754. The van der Waals surface area contributed by atoms with Gasteiger partial charge in [0.15, 0.2) is 9.84 Å². The Morgan fingerprint density at radius 2 is 1.88 bits per heavy atom. The number of nitrogens with zero attached hydrogens (tertiary/aromatic N) is 2. The van der Waals surface area contributed by atoms with E-state index >= 15 is 0 Å². The Labute approximate surface area is 203 Å². The van der Waals surface area contributed by atoms with Gasteiger partial charge in [0, 0.05) is 46.1 Å². The maximum absolute atomic E-state index is 11.8. The molecular formula is C26H35ClN2O3S. The van der Waals surface area contributed by atoms with Crippen molar-refractivity contribution >= 4 is 21.4 Å². The summed E-state index contributed by atoms with van der Waals surface area (Å²) < 4.78 is 29.8. The SMILES string of the molecule is CC1(C)COC1[C@]1(CCc2ccc(S(C)(=O)=O)cn2)CCN(C(C)(C)c2ccc(Cl)cc2)C1. The van der Waals surface area contributed by atoms with Gasteiger partial charge in [-0.3, -0.25) is 9.88 Å². The lowest BCUT2D eigenvalue weighted by Gasteiger charge is -2.54. The highest BCUT2D eigenvalue weighted by atomic mass is 35.5. The Bertz CT molecular complexity index is 1100. The van der Waals surface area contributed by atoms with Crippen molar-refractivity contribution < 1.29 is 13.2 Å². The van der Waals surface area contributed by atoms with Crippen LogP contribution < -0.4 is 0 Å². The second-order valence-electron chi connectivity index (χ2n) is 11.0. The molecule has 0 spiro atoms. The zero-order chi connectivity index (χ0) is 24.1. The van der Waals surface area contributed by atoms with Crippen LogP contribution in [0.2, 0.25) is 5.02 Å². The van der Waals surface area contributed by atoms with Crippen LogP contribution in [0.25, 0.3) is 0 Å². The lowest BCUT2D eigenvalue weighted by atomic mass is 9.64. The fraction of sp³-hybridized carbons (Fsp3) is 0.577. The van der Waals surface area contributed by atoms with Gasteiger partial charge in [-0.25, -0.2) is 8.42 Å². The van der Waals surface area contributed by atoms with Gasteiger partial charge >= 0.3 is 0 Å². The van der Waals surface area contributed by atoms with E-state index in [0.29, 0.717) is 0 Å². The van der Waals surface area contributed by atoms with Crippen LogP contribution in [0.15, 0.2) is 47.5 Å². The lowest BCUT2D eigenvalue weighted by Crippen LogP contribution is -2.59. The lowest BCUT2D eigenvalue weighted by molar-refractivity contribution is -0.224. The number of sulfone groups is 1. The number of benzene rings is 1. The first-order valence-corrected chi connectivity index (χ1v) is 13.9. The Balaban J connectivity index is 1.55. The molecule has 0 saturated carbocycles. The number of aromatic nitrogens is 1.